The molecular formula is C15H22ClN3O2S. The van der Waals surface area contributed by atoms with E-state index in [0.29, 0.717) is 30.3 Å². The summed E-state index contributed by atoms with van der Waals surface area (Å²) in [6, 6.07) is 0. The molecule has 1 saturated heterocycles. The van der Waals surface area contributed by atoms with Gasteiger partial charge in [0.15, 0.2) is 0 Å². The number of likely N-dealkylation sites (tertiary alicyclic amines) is 1. The van der Waals surface area contributed by atoms with Gasteiger partial charge in [0.05, 0.1) is 16.6 Å². The second kappa shape index (κ2) is 7.92. The zero-order chi connectivity index (χ0) is 16.1. The summed E-state index contributed by atoms with van der Waals surface area (Å²) >= 11 is 7.44. The Kier molecular flexibility index (Phi) is 6.20. The van der Waals surface area contributed by atoms with Gasteiger partial charge < -0.3 is 10.2 Å². The van der Waals surface area contributed by atoms with Crippen LogP contribution in [0.2, 0.25) is 4.34 Å². The number of aryl methyl sites for hydroxylation is 1. The highest BCUT2D eigenvalue weighted by atomic mass is 35.5. The van der Waals surface area contributed by atoms with E-state index in [0.717, 1.165) is 30.1 Å². The molecule has 7 heteroatoms. The minimum Gasteiger partial charge on any atom is -0.355 e. The molecule has 122 valence electrons. The van der Waals surface area contributed by atoms with Gasteiger partial charge in [-0.05, 0) is 19.8 Å². The number of thiazole rings is 1. The van der Waals surface area contributed by atoms with Crippen LogP contribution in [0.15, 0.2) is 0 Å². The van der Waals surface area contributed by atoms with E-state index in [9.17, 15) is 9.59 Å². The number of piperidine rings is 1. The minimum atomic E-state index is -0.0918. The van der Waals surface area contributed by atoms with Gasteiger partial charge in [-0.15, -0.1) is 11.3 Å². The third-order valence-electron chi connectivity index (χ3n) is 3.87. The van der Waals surface area contributed by atoms with E-state index in [1.54, 1.807) is 4.90 Å². The number of hydrogen-bond acceptors (Lipinski definition) is 4. The van der Waals surface area contributed by atoms with Crippen LogP contribution in [0.25, 0.3) is 0 Å². The van der Waals surface area contributed by atoms with Gasteiger partial charge in [-0.2, -0.15) is 0 Å². The van der Waals surface area contributed by atoms with Crippen molar-refractivity contribution in [2.75, 3.05) is 19.6 Å². The monoisotopic (exact) mass is 343 g/mol. The minimum absolute atomic E-state index is 0.0352. The molecule has 5 nitrogen and oxygen atoms in total. The van der Waals surface area contributed by atoms with Gasteiger partial charge >= 0.3 is 0 Å². The van der Waals surface area contributed by atoms with E-state index < -0.39 is 0 Å². The number of nitrogens with zero attached hydrogens (tertiary/aromatic N) is 2. The van der Waals surface area contributed by atoms with Gasteiger partial charge in [0.1, 0.15) is 4.34 Å². The highest BCUT2D eigenvalue weighted by Gasteiger charge is 2.27. The molecule has 1 atom stereocenters. The van der Waals surface area contributed by atoms with Crippen molar-refractivity contribution in [3.05, 3.63) is 15.0 Å². The standard InChI is InChI=1S/C15H22ClN3O2S/c1-3-13(20)19-8-4-5-11(9-19)15(21)17-7-6-12-18-10(2)14(16)22-12/h11H,3-9H2,1-2H3,(H,17,21)/t11-/m1/s1. The lowest BCUT2D eigenvalue weighted by Crippen LogP contribution is -2.45. The van der Waals surface area contributed by atoms with Crippen LogP contribution in [0.5, 0.6) is 0 Å². The molecule has 0 bridgehead atoms. The maximum absolute atomic E-state index is 12.2. The molecule has 22 heavy (non-hydrogen) atoms. The summed E-state index contributed by atoms with van der Waals surface area (Å²) in [7, 11) is 0. The molecule has 0 radical (unpaired) electrons. The number of amides is 2. The quantitative estimate of drug-likeness (QED) is 0.893. The molecule has 2 heterocycles. The fourth-order valence-corrected chi connectivity index (χ4v) is 3.71. The molecule has 2 rings (SSSR count). The molecule has 0 spiro atoms. The molecule has 0 aliphatic carbocycles. The highest BCUT2D eigenvalue weighted by molar-refractivity contribution is 7.16. The van der Waals surface area contributed by atoms with Crippen molar-refractivity contribution in [1.82, 2.24) is 15.2 Å². The maximum atomic E-state index is 12.2. The topological polar surface area (TPSA) is 62.3 Å². The van der Waals surface area contributed by atoms with E-state index in [-0.39, 0.29) is 17.7 Å². The Morgan fingerprint density at radius 3 is 2.91 bits per heavy atom. The van der Waals surface area contributed by atoms with Crippen LogP contribution in [-0.2, 0) is 16.0 Å². The van der Waals surface area contributed by atoms with Gasteiger partial charge in [-0.1, -0.05) is 18.5 Å². The van der Waals surface area contributed by atoms with E-state index in [4.69, 9.17) is 11.6 Å². The number of hydrogen-bond donors (Lipinski definition) is 1. The first kappa shape index (κ1) is 17.2. The third kappa shape index (κ3) is 4.43. The molecular weight excluding hydrogens is 322 g/mol. The first-order valence-electron chi connectivity index (χ1n) is 7.68. The van der Waals surface area contributed by atoms with Crippen LogP contribution in [0.3, 0.4) is 0 Å². The van der Waals surface area contributed by atoms with Crippen LogP contribution in [0.1, 0.15) is 36.9 Å². The number of halogens is 1. The first-order chi connectivity index (χ1) is 10.5. The van der Waals surface area contributed by atoms with Gasteiger partial charge in [0.2, 0.25) is 11.8 Å². The zero-order valence-electron chi connectivity index (χ0n) is 13.0. The van der Waals surface area contributed by atoms with E-state index in [2.05, 4.69) is 10.3 Å². The predicted molar refractivity (Wildman–Crippen MR) is 88.2 cm³/mol. The molecule has 0 unspecified atom stereocenters. The van der Waals surface area contributed by atoms with Crippen molar-refractivity contribution in [2.45, 2.75) is 39.5 Å². The fourth-order valence-electron chi connectivity index (χ4n) is 2.62. The second-order valence-corrected chi connectivity index (χ2v) is 7.23. The van der Waals surface area contributed by atoms with Crippen molar-refractivity contribution in [3.8, 4) is 0 Å². The van der Waals surface area contributed by atoms with Crippen molar-refractivity contribution >= 4 is 34.8 Å². The Bertz CT molecular complexity index is 527. The Morgan fingerprint density at radius 2 is 2.27 bits per heavy atom. The summed E-state index contributed by atoms with van der Waals surface area (Å²) in [6.45, 7) is 5.60. The van der Waals surface area contributed by atoms with Crippen LogP contribution in [-0.4, -0.2) is 41.3 Å². The van der Waals surface area contributed by atoms with Crippen LogP contribution >= 0.6 is 22.9 Å². The molecule has 2 amide bonds. The molecule has 1 aromatic rings. The van der Waals surface area contributed by atoms with Crippen molar-refractivity contribution < 1.29 is 9.59 Å². The molecule has 1 N–H and O–H groups in total. The van der Waals surface area contributed by atoms with Crippen molar-refractivity contribution in [3.63, 3.8) is 0 Å². The lowest BCUT2D eigenvalue weighted by molar-refractivity contribution is -0.135. The lowest BCUT2D eigenvalue weighted by Gasteiger charge is -2.31. The number of carbonyl (C=O) groups is 2. The zero-order valence-corrected chi connectivity index (χ0v) is 14.6. The first-order valence-corrected chi connectivity index (χ1v) is 8.88. The maximum Gasteiger partial charge on any atom is 0.224 e. The third-order valence-corrected chi connectivity index (χ3v) is 5.38. The summed E-state index contributed by atoms with van der Waals surface area (Å²) < 4.78 is 0.710. The lowest BCUT2D eigenvalue weighted by atomic mass is 9.97. The van der Waals surface area contributed by atoms with Crippen LogP contribution in [0.4, 0.5) is 0 Å². The van der Waals surface area contributed by atoms with Crippen molar-refractivity contribution in [2.24, 2.45) is 5.92 Å². The normalized spacial score (nSPS) is 18.3. The molecule has 0 aromatic carbocycles. The van der Waals surface area contributed by atoms with E-state index >= 15 is 0 Å². The number of carbonyl (C=O) groups excluding carboxylic acids is 2. The SMILES string of the molecule is CCC(=O)N1CCC[C@@H](C(=O)NCCc2nc(C)c(Cl)s2)C1. The fraction of sp³-hybridized carbons (Fsp3) is 0.667. The molecule has 0 saturated carbocycles. The molecule has 1 fully saturated rings. The number of rotatable bonds is 5. The molecule has 1 aliphatic heterocycles. The Hall–Kier alpha value is -1.14. The molecule has 1 aromatic heterocycles. The largest absolute Gasteiger partial charge is 0.355 e. The van der Waals surface area contributed by atoms with Crippen LogP contribution in [0, 0.1) is 12.8 Å². The van der Waals surface area contributed by atoms with E-state index in [1.165, 1.54) is 11.3 Å². The summed E-state index contributed by atoms with van der Waals surface area (Å²) in [5.74, 6) is 0.0734. The van der Waals surface area contributed by atoms with Gasteiger partial charge in [0, 0.05) is 32.5 Å². The Morgan fingerprint density at radius 1 is 1.50 bits per heavy atom. The Labute approximate surface area is 140 Å². The number of aromatic nitrogens is 1. The van der Waals surface area contributed by atoms with Crippen LogP contribution < -0.4 is 5.32 Å². The average molecular weight is 344 g/mol. The van der Waals surface area contributed by atoms with Gasteiger partial charge in [-0.3, -0.25) is 9.59 Å². The summed E-state index contributed by atoms with van der Waals surface area (Å²) in [4.78, 5) is 30.1. The average Bonchev–Trinajstić information content (AvgIpc) is 2.84. The van der Waals surface area contributed by atoms with Crippen molar-refractivity contribution in [1.29, 1.82) is 0 Å². The van der Waals surface area contributed by atoms with E-state index in [1.807, 2.05) is 13.8 Å². The summed E-state index contributed by atoms with van der Waals surface area (Å²) in [5, 5.41) is 3.89. The van der Waals surface area contributed by atoms with Gasteiger partial charge in [0.25, 0.3) is 0 Å². The Balaban J connectivity index is 1.78. The predicted octanol–water partition coefficient (Wildman–Crippen LogP) is 2.41. The molecule has 1 aliphatic rings. The highest BCUT2D eigenvalue weighted by Crippen LogP contribution is 2.23. The van der Waals surface area contributed by atoms with Gasteiger partial charge in [-0.25, -0.2) is 4.98 Å². The number of nitrogens with one attached hydrogen (secondary N) is 1. The smallest absolute Gasteiger partial charge is 0.224 e. The summed E-state index contributed by atoms with van der Waals surface area (Å²) in [6.07, 6.45) is 2.93. The second-order valence-electron chi connectivity index (χ2n) is 5.54. The summed E-state index contributed by atoms with van der Waals surface area (Å²) in [5.41, 5.74) is 0.842.